The van der Waals surface area contributed by atoms with Crippen LogP contribution in [0.25, 0.3) is 0 Å². The fraction of sp³-hybridized carbons (Fsp3) is 0.600. The van der Waals surface area contributed by atoms with E-state index in [0.717, 1.165) is 29.5 Å². The zero-order chi connectivity index (χ0) is 13.3. The Hall–Kier alpha value is -0.770. The average molecular weight is 286 g/mol. The number of hydrogen-bond donors (Lipinski definition) is 3. The van der Waals surface area contributed by atoms with Crippen LogP contribution in [0, 0.1) is 19.8 Å². The highest BCUT2D eigenvalue weighted by atomic mass is 35.5. The first-order valence-electron chi connectivity index (χ1n) is 6.74. The SMILES string of the molecule is Cc1cc(O)cc(C)c1[C@H](N)[C@H](O)C1CCCC1.Cl. The van der Waals surface area contributed by atoms with Crippen LogP contribution in [-0.2, 0) is 0 Å². The Balaban J connectivity index is 0.00000180. The Morgan fingerprint density at radius 2 is 1.63 bits per heavy atom. The number of halogens is 1. The summed E-state index contributed by atoms with van der Waals surface area (Å²) in [7, 11) is 0. The third kappa shape index (κ3) is 3.41. The van der Waals surface area contributed by atoms with Gasteiger partial charge in [-0.2, -0.15) is 0 Å². The molecule has 3 nitrogen and oxygen atoms in total. The van der Waals surface area contributed by atoms with Gasteiger partial charge in [0.15, 0.2) is 0 Å². The highest BCUT2D eigenvalue weighted by Crippen LogP contribution is 2.35. The number of phenols is 1. The molecule has 0 aliphatic heterocycles. The molecule has 2 atom stereocenters. The van der Waals surface area contributed by atoms with Gasteiger partial charge in [-0.15, -0.1) is 12.4 Å². The maximum atomic E-state index is 10.4. The summed E-state index contributed by atoms with van der Waals surface area (Å²) in [5, 5.41) is 19.9. The van der Waals surface area contributed by atoms with Crippen LogP contribution in [0.2, 0.25) is 0 Å². The molecule has 1 aromatic rings. The summed E-state index contributed by atoms with van der Waals surface area (Å²) in [4.78, 5) is 0. The molecule has 0 amide bonds. The van der Waals surface area contributed by atoms with E-state index >= 15 is 0 Å². The van der Waals surface area contributed by atoms with E-state index in [1.165, 1.54) is 12.8 Å². The molecule has 1 saturated carbocycles. The van der Waals surface area contributed by atoms with Crippen molar-refractivity contribution < 1.29 is 10.2 Å². The number of aromatic hydroxyl groups is 1. The van der Waals surface area contributed by atoms with E-state index in [1.807, 2.05) is 13.8 Å². The maximum Gasteiger partial charge on any atom is 0.116 e. The number of benzene rings is 1. The second-order valence-corrected chi connectivity index (χ2v) is 5.55. The summed E-state index contributed by atoms with van der Waals surface area (Å²) in [6.45, 7) is 3.87. The van der Waals surface area contributed by atoms with E-state index in [1.54, 1.807) is 12.1 Å². The molecule has 2 rings (SSSR count). The van der Waals surface area contributed by atoms with Crippen LogP contribution in [0.1, 0.15) is 48.4 Å². The van der Waals surface area contributed by atoms with Gasteiger partial charge in [-0.3, -0.25) is 0 Å². The van der Waals surface area contributed by atoms with Crippen molar-refractivity contribution in [2.75, 3.05) is 0 Å². The standard InChI is InChI=1S/C15H23NO2.ClH/c1-9-7-12(17)8-10(2)13(9)14(16)15(18)11-5-3-4-6-11;/h7-8,11,14-15,17-18H,3-6,16H2,1-2H3;1H/t14-,15+;/m0./s1. The molecule has 0 unspecified atom stereocenters. The molecular formula is C15H24ClNO2. The first-order chi connectivity index (χ1) is 8.50. The lowest BCUT2D eigenvalue weighted by molar-refractivity contribution is 0.0840. The molecule has 0 bridgehead atoms. The first-order valence-corrected chi connectivity index (χ1v) is 6.74. The normalized spacial score (nSPS) is 18.9. The minimum absolute atomic E-state index is 0. The lowest BCUT2D eigenvalue weighted by Crippen LogP contribution is -2.33. The Morgan fingerprint density at radius 3 is 2.11 bits per heavy atom. The molecule has 4 N–H and O–H groups in total. The fourth-order valence-electron chi connectivity index (χ4n) is 3.24. The minimum Gasteiger partial charge on any atom is -0.508 e. The zero-order valence-electron chi connectivity index (χ0n) is 11.6. The van der Waals surface area contributed by atoms with Gasteiger partial charge in [0.1, 0.15) is 5.75 Å². The van der Waals surface area contributed by atoms with Gasteiger partial charge in [0, 0.05) is 0 Å². The van der Waals surface area contributed by atoms with Gasteiger partial charge < -0.3 is 15.9 Å². The molecule has 0 saturated heterocycles. The van der Waals surface area contributed by atoms with Crippen LogP contribution in [0.4, 0.5) is 0 Å². The predicted molar refractivity (Wildman–Crippen MR) is 79.7 cm³/mol. The molecule has 0 radical (unpaired) electrons. The Labute approximate surface area is 121 Å². The quantitative estimate of drug-likeness (QED) is 0.800. The third-order valence-electron chi connectivity index (χ3n) is 4.16. The molecular weight excluding hydrogens is 262 g/mol. The number of aliphatic hydroxyl groups excluding tert-OH is 1. The Bertz CT molecular complexity index is 407. The van der Waals surface area contributed by atoms with E-state index in [0.29, 0.717) is 5.92 Å². The monoisotopic (exact) mass is 285 g/mol. The second kappa shape index (κ2) is 6.60. The Kier molecular flexibility index (Phi) is 5.65. The largest absolute Gasteiger partial charge is 0.508 e. The lowest BCUT2D eigenvalue weighted by Gasteiger charge is -2.27. The Morgan fingerprint density at radius 1 is 1.16 bits per heavy atom. The topological polar surface area (TPSA) is 66.5 Å². The number of hydrogen-bond acceptors (Lipinski definition) is 3. The van der Waals surface area contributed by atoms with Crippen LogP contribution < -0.4 is 5.73 Å². The molecule has 1 aliphatic rings. The highest BCUT2D eigenvalue weighted by molar-refractivity contribution is 5.85. The third-order valence-corrected chi connectivity index (χ3v) is 4.16. The molecule has 1 fully saturated rings. The summed E-state index contributed by atoms with van der Waals surface area (Å²) in [5.74, 6) is 0.587. The average Bonchev–Trinajstić information content (AvgIpc) is 2.79. The molecule has 1 aromatic carbocycles. The van der Waals surface area contributed by atoms with Crippen molar-refractivity contribution in [2.45, 2.75) is 51.7 Å². The van der Waals surface area contributed by atoms with Gasteiger partial charge >= 0.3 is 0 Å². The van der Waals surface area contributed by atoms with E-state index in [4.69, 9.17) is 5.73 Å². The van der Waals surface area contributed by atoms with E-state index in [-0.39, 0.29) is 24.2 Å². The first kappa shape index (κ1) is 16.3. The summed E-state index contributed by atoms with van der Waals surface area (Å²) >= 11 is 0. The van der Waals surface area contributed by atoms with E-state index < -0.39 is 6.10 Å². The molecule has 0 aromatic heterocycles. The molecule has 0 heterocycles. The van der Waals surface area contributed by atoms with Gasteiger partial charge in [0.05, 0.1) is 12.1 Å². The van der Waals surface area contributed by atoms with Crippen molar-refractivity contribution in [3.63, 3.8) is 0 Å². The molecule has 1 aliphatic carbocycles. The van der Waals surface area contributed by atoms with Crippen molar-refractivity contribution in [3.05, 3.63) is 28.8 Å². The van der Waals surface area contributed by atoms with Crippen LogP contribution in [0.15, 0.2) is 12.1 Å². The van der Waals surface area contributed by atoms with Crippen molar-refractivity contribution in [3.8, 4) is 5.75 Å². The number of aliphatic hydroxyl groups is 1. The van der Waals surface area contributed by atoms with Crippen LogP contribution >= 0.6 is 12.4 Å². The van der Waals surface area contributed by atoms with Crippen molar-refractivity contribution >= 4 is 12.4 Å². The van der Waals surface area contributed by atoms with Gasteiger partial charge in [0.25, 0.3) is 0 Å². The molecule has 19 heavy (non-hydrogen) atoms. The lowest BCUT2D eigenvalue weighted by atomic mass is 9.87. The number of aryl methyl sites for hydroxylation is 2. The van der Waals surface area contributed by atoms with Crippen LogP contribution in [0.5, 0.6) is 5.75 Å². The van der Waals surface area contributed by atoms with E-state index in [2.05, 4.69) is 0 Å². The smallest absolute Gasteiger partial charge is 0.116 e. The van der Waals surface area contributed by atoms with Crippen LogP contribution in [-0.4, -0.2) is 16.3 Å². The van der Waals surface area contributed by atoms with Crippen LogP contribution in [0.3, 0.4) is 0 Å². The predicted octanol–water partition coefficient (Wildman–Crippen LogP) is 2.98. The second-order valence-electron chi connectivity index (χ2n) is 5.55. The molecule has 4 heteroatoms. The highest BCUT2D eigenvalue weighted by Gasteiger charge is 2.30. The zero-order valence-corrected chi connectivity index (χ0v) is 12.4. The van der Waals surface area contributed by atoms with Gasteiger partial charge in [-0.1, -0.05) is 12.8 Å². The summed E-state index contributed by atoms with van der Waals surface area (Å²) in [5.41, 5.74) is 9.13. The number of nitrogens with two attached hydrogens (primary N) is 1. The van der Waals surface area contributed by atoms with Crippen molar-refractivity contribution in [2.24, 2.45) is 11.7 Å². The summed E-state index contributed by atoms with van der Waals surface area (Å²) < 4.78 is 0. The summed E-state index contributed by atoms with van der Waals surface area (Å²) in [6.07, 6.45) is 4.06. The number of rotatable bonds is 3. The van der Waals surface area contributed by atoms with E-state index in [9.17, 15) is 10.2 Å². The number of phenolic OH excluding ortho intramolecular Hbond substituents is 1. The molecule has 108 valence electrons. The van der Waals surface area contributed by atoms with Gasteiger partial charge in [0.2, 0.25) is 0 Å². The van der Waals surface area contributed by atoms with Gasteiger partial charge in [-0.05, 0) is 61.4 Å². The van der Waals surface area contributed by atoms with Gasteiger partial charge in [-0.25, -0.2) is 0 Å². The molecule has 0 spiro atoms. The van der Waals surface area contributed by atoms with Crippen molar-refractivity contribution in [1.82, 2.24) is 0 Å². The summed E-state index contributed by atoms with van der Waals surface area (Å²) in [6, 6.07) is 3.07. The fourth-order valence-corrected chi connectivity index (χ4v) is 3.24. The maximum absolute atomic E-state index is 10.4. The minimum atomic E-state index is -0.477. The van der Waals surface area contributed by atoms with Crippen molar-refractivity contribution in [1.29, 1.82) is 0 Å².